The molecule has 0 aliphatic heterocycles. The van der Waals surface area contributed by atoms with Crippen LogP contribution in [-0.2, 0) is 11.2 Å². The molecule has 8 heteroatoms. The van der Waals surface area contributed by atoms with Crippen molar-refractivity contribution in [1.82, 2.24) is 10.9 Å². The second-order valence-electron chi connectivity index (χ2n) is 4.61. The van der Waals surface area contributed by atoms with E-state index < -0.39 is 22.6 Å². The molecule has 0 atom stereocenters. The van der Waals surface area contributed by atoms with Crippen LogP contribution in [0.3, 0.4) is 0 Å². The largest absolute Gasteiger partial charge is 0.273 e. The van der Waals surface area contributed by atoms with Crippen molar-refractivity contribution in [1.29, 1.82) is 0 Å². The molecule has 0 radical (unpaired) electrons. The summed E-state index contributed by atoms with van der Waals surface area (Å²) in [6.45, 7) is 0. The predicted octanol–water partition coefficient (Wildman–Crippen LogP) is 1.74. The van der Waals surface area contributed by atoms with Crippen molar-refractivity contribution in [3.63, 3.8) is 0 Å². The first kappa shape index (κ1) is 16.1. The van der Waals surface area contributed by atoms with Gasteiger partial charge in [0, 0.05) is 17.7 Å². The van der Waals surface area contributed by atoms with Crippen LogP contribution in [0, 0.1) is 15.9 Å². The minimum atomic E-state index is -0.604. The van der Waals surface area contributed by atoms with Gasteiger partial charge in [-0.1, -0.05) is 12.1 Å². The number of nitrogens with one attached hydrogen (secondary N) is 2. The van der Waals surface area contributed by atoms with Crippen molar-refractivity contribution in [3.8, 4) is 0 Å². The molecule has 0 aromatic heterocycles. The van der Waals surface area contributed by atoms with Crippen molar-refractivity contribution in [2.75, 3.05) is 0 Å². The first-order valence-corrected chi connectivity index (χ1v) is 6.54. The Morgan fingerprint density at radius 2 is 1.61 bits per heavy atom. The summed E-state index contributed by atoms with van der Waals surface area (Å²) in [5, 5.41) is 10.5. The molecule has 0 bridgehead atoms. The number of carbonyl (C=O) groups is 2. The van der Waals surface area contributed by atoms with Gasteiger partial charge in [0.05, 0.1) is 11.3 Å². The Morgan fingerprint density at radius 1 is 1.00 bits per heavy atom. The molecule has 7 nitrogen and oxygen atoms in total. The van der Waals surface area contributed by atoms with E-state index in [1.54, 1.807) is 0 Å². The highest BCUT2D eigenvalue weighted by Crippen LogP contribution is 2.11. The number of hydrogen-bond donors (Lipinski definition) is 2. The summed E-state index contributed by atoms with van der Waals surface area (Å²) < 4.78 is 12.7. The van der Waals surface area contributed by atoms with Gasteiger partial charge in [-0.05, 0) is 29.8 Å². The van der Waals surface area contributed by atoms with E-state index in [1.807, 2.05) is 0 Å². The molecule has 0 aliphatic rings. The molecule has 0 fully saturated rings. The summed E-state index contributed by atoms with van der Waals surface area (Å²) in [6.07, 6.45) is -0.0270. The number of carbonyl (C=O) groups excluding carboxylic acids is 2. The molecule has 23 heavy (non-hydrogen) atoms. The van der Waals surface area contributed by atoms with Crippen LogP contribution in [0.2, 0.25) is 0 Å². The van der Waals surface area contributed by atoms with E-state index in [4.69, 9.17) is 0 Å². The van der Waals surface area contributed by atoms with E-state index in [1.165, 1.54) is 48.5 Å². The summed E-state index contributed by atoms with van der Waals surface area (Å²) in [5.41, 5.74) is 5.03. The smallest absolute Gasteiger partial charge is 0.269 e. The van der Waals surface area contributed by atoms with Crippen LogP contribution in [0.4, 0.5) is 10.1 Å². The lowest BCUT2D eigenvalue weighted by molar-refractivity contribution is -0.384. The number of hydrazine groups is 1. The average molecular weight is 317 g/mol. The third-order valence-corrected chi connectivity index (χ3v) is 2.93. The Balaban J connectivity index is 1.87. The van der Waals surface area contributed by atoms with Crippen LogP contribution < -0.4 is 10.9 Å². The maximum Gasteiger partial charge on any atom is 0.269 e. The maximum absolute atomic E-state index is 12.7. The number of benzene rings is 2. The Hall–Kier alpha value is -3.29. The topological polar surface area (TPSA) is 101 Å². The van der Waals surface area contributed by atoms with Gasteiger partial charge in [-0.2, -0.15) is 0 Å². The van der Waals surface area contributed by atoms with Crippen LogP contribution in [0.1, 0.15) is 15.9 Å². The Morgan fingerprint density at radius 3 is 2.17 bits per heavy atom. The first-order valence-electron chi connectivity index (χ1n) is 6.54. The second-order valence-corrected chi connectivity index (χ2v) is 4.61. The zero-order valence-electron chi connectivity index (χ0n) is 11.8. The summed E-state index contributed by atoms with van der Waals surface area (Å²) in [7, 11) is 0. The van der Waals surface area contributed by atoms with Crippen molar-refractivity contribution < 1.29 is 18.9 Å². The predicted molar refractivity (Wildman–Crippen MR) is 78.8 cm³/mol. The van der Waals surface area contributed by atoms with E-state index in [0.717, 1.165) is 0 Å². The van der Waals surface area contributed by atoms with E-state index in [-0.39, 0.29) is 17.7 Å². The molecule has 2 aromatic carbocycles. The second kappa shape index (κ2) is 7.12. The van der Waals surface area contributed by atoms with Crippen molar-refractivity contribution >= 4 is 17.5 Å². The molecule has 2 rings (SSSR count). The molecule has 0 spiro atoms. The number of amides is 2. The van der Waals surface area contributed by atoms with E-state index in [0.29, 0.717) is 5.56 Å². The summed E-state index contributed by atoms with van der Waals surface area (Å²) >= 11 is 0. The van der Waals surface area contributed by atoms with Gasteiger partial charge >= 0.3 is 0 Å². The molecule has 2 amide bonds. The monoisotopic (exact) mass is 317 g/mol. The minimum Gasteiger partial charge on any atom is -0.273 e. The lowest BCUT2D eigenvalue weighted by atomic mass is 10.1. The van der Waals surface area contributed by atoms with Crippen LogP contribution in [0.15, 0.2) is 48.5 Å². The lowest BCUT2D eigenvalue weighted by Gasteiger charge is -2.07. The fourth-order valence-electron chi connectivity index (χ4n) is 1.77. The van der Waals surface area contributed by atoms with Gasteiger partial charge < -0.3 is 0 Å². The number of halogens is 1. The number of nitro benzene ring substituents is 1. The van der Waals surface area contributed by atoms with Crippen molar-refractivity contribution in [2.45, 2.75) is 6.42 Å². The highest BCUT2D eigenvalue weighted by atomic mass is 19.1. The number of non-ortho nitro benzene ring substituents is 1. The zero-order valence-corrected chi connectivity index (χ0v) is 11.8. The average Bonchev–Trinajstić information content (AvgIpc) is 2.55. The first-order chi connectivity index (χ1) is 11.0. The molecule has 0 saturated carbocycles. The third-order valence-electron chi connectivity index (χ3n) is 2.93. The van der Waals surface area contributed by atoms with Gasteiger partial charge in [-0.3, -0.25) is 30.6 Å². The molecule has 0 saturated heterocycles. The molecule has 0 aliphatic carbocycles. The zero-order chi connectivity index (χ0) is 16.8. The van der Waals surface area contributed by atoms with Crippen LogP contribution >= 0.6 is 0 Å². The van der Waals surface area contributed by atoms with Gasteiger partial charge in [0.15, 0.2) is 0 Å². The maximum atomic E-state index is 12.7. The Kier molecular flexibility index (Phi) is 4.98. The lowest BCUT2D eigenvalue weighted by Crippen LogP contribution is -2.42. The molecule has 2 N–H and O–H groups in total. The van der Waals surface area contributed by atoms with Gasteiger partial charge in [0.25, 0.3) is 11.6 Å². The van der Waals surface area contributed by atoms with E-state index in [9.17, 15) is 24.1 Å². The van der Waals surface area contributed by atoms with Gasteiger partial charge in [0.2, 0.25) is 5.91 Å². The fourth-order valence-corrected chi connectivity index (χ4v) is 1.77. The Bertz CT molecular complexity index is 729. The number of nitro groups is 1. The molecule has 118 valence electrons. The quantitative estimate of drug-likeness (QED) is 0.662. The molecule has 2 aromatic rings. The van der Waals surface area contributed by atoms with Gasteiger partial charge in [-0.25, -0.2) is 4.39 Å². The Labute approximate surface area is 130 Å². The van der Waals surface area contributed by atoms with Crippen LogP contribution in [0.5, 0.6) is 0 Å². The summed E-state index contributed by atoms with van der Waals surface area (Å²) in [4.78, 5) is 33.4. The number of nitrogens with zero attached hydrogens (tertiary/aromatic N) is 1. The van der Waals surface area contributed by atoms with Crippen molar-refractivity contribution in [3.05, 3.63) is 75.6 Å². The highest BCUT2D eigenvalue weighted by Gasteiger charge is 2.10. The van der Waals surface area contributed by atoms with Gasteiger partial charge in [0.1, 0.15) is 5.82 Å². The standard InChI is InChI=1S/C15H12FN3O4/c16-12-5-1-10(2-6-12)9-14(20)17-18-15(21)11-3-7-13(8-4-11)19(22)23/h1-8H,9H2,(H,17,20)(H,18,21). The van der Waals surface area contributed by atoms with Gasteiger partial charge in [-0.15, -0.1) is 0 Å². The van der Waals surface area contributed by atoms with E-state index >= 15 is 0 Å². The van der Waals surface area contributed by atoms with Crippen LogP contribution in [0.25, 0.3) is 0 Å². The molecule has 0 heterocycles. The highest BCUT2D eigenvalue weighted by molar-refractivity contribution is 5.95. The minimum absolute atomic E-state index is 0.0270. The SMILES string of the molecule is O=C(Cc1ccc(F)cc1)NNC(=O)c1ccc([N+](=O)[O-])cc1. The molecular formula is C15H12FN3O4. The number of hydrogen-bond acceptors (Lipinski definition) is 4. The summed E-state index contributed by atoms with van der Waals surface area (Å²) in [5.74, 6) is -1.49. The molecular weight excluding hydrogens is 305 g/mol. The fraction of sp³-hybridized carbons (Fsp3) is 0.0667. The van der Waals surface area contributed by atoms with Crippen LogP contribution in [-0.4, -0.2) is 16.7 Å². The summed E-state index contributed by atoms with van der Waals surface area (Å²) in [6, 6.07) is 10.3. The third kappa shape index (κ3) is 4.60. The van der Waals surface area contributed by atoms with E-state index in [2.05, 4.69) is 10.9 Å². The number of rotatable bonds is 4. The normalized spacial score (nSPS) is 9.96. The van der Waals surface area contributed by atoms with Crippen molar-refractivity contribution in [2.24, 2.45) is 0 Å². The molecule has 0 unspecified atom stereocenters.